The van der Waals surface area contributed by atoms with Gasteiger partial charge in [-0.05, 0) is 36.8 Å². The molecule has 0 radical (unpaired) electrons. The number of nitrogens with one attached hydrogen (secondary N) is 2. The quantitative estimate of drug-likeness (QED) is 0.339. The van der Waals surface area contributed by atoms with Crippen LogP contribution in [0.4, 0.5) is 35.3 Å². The fraction of sp³-hybridized carbons (Fsp3) is 0.130. The SMILES string of the molecule is CCOC(=O)c1c(-c2ccc(NC(=O)Nc3cc(C(F)(F)F)ccn3)cc2)c2c(N)ncnn2c1C#N. The number of hydrogen-bond acceptors (Lipinski definition) is 8. The number of carbonyl (C=O) groups is 2. The summed E-state index contributed by atoms with van der Waals surface area (Å²) >= 11 is 0. The average Bonchev–Trinajstić information content (AvgIpc) is 3.20. The van der Waals surface area contributed by atoms with E-state index in [-0.39, 0.29) is 46.3 Å². The van der Waals surface area contributed by atoms with Gasteiger partial charge in [0, 0.05) is 17.4 Å². The molecule has 11 nitrogen and oxygen atoms in total. The molecule has 0 aliphatic heterocycles. The summed E-state index contributed by atoms with van der Waals surface area (Å²) in [5.41, 5.74) is 6.13. The fourth-order valence-electron chi connectivity index (χ4n) is 3.57. The number of anilines is 3. The molecule has 0 unspecified atom stereocenters. The first-order valence-corrected chi connectivity index (χ1v) is 10.6. The molecule has 37 heavy (non-hydrogen) atoms. The number of rotatable bonds is 5. The van der Waals surface area contributed by atoms with Gasteiger partial charge in [0.25, 0.3) is 0 Å². The number of carbonyl (C=O) groups excluding carboxylic acids is 2. The fourth-order valence-corrected chi connectivity index (χ4v) is 3.57. The minimum absolute atomic E-state index is 0.0206. The van der Waals surface area contributed by atoms with Crippen LogP contribution < -0.4 is 16.4 Å². The van der Waals surface area contributed by atoms with Crippen LogP contribution in [0.25, 0.3) is 16.6 Å². The van der Waals surface area contributed by atoms with Gasteiger partial charge in [-0.25, -0.2) is 24.1 Å². The van der Waals surface area contributed by atoms with Crippen molar-refractivity contribution in [1.82, 2.24) is 19.6 Å². The van der Waals surface area contributed by atoms with Crippen molar-refractivity contribution in [1.29, 1.82) is 5.26 Å². The van der Waals surface area contributed by atoms with E-state index in [2.05, 4.69) is 25.7 Å². The Morgan fingerprint density at radius 2 is 1.89 bits per heavy atom. The van der Waals surface area contributed by atoms with Gasteiger partial charge < -0.3 is 15.8 Å². The van der Waals surface area contributed by atoms with Gasteiger partial charge in [0.1, 0.15) is 29.3 Å². The van der Waals surface area contributed by atoms with Crippen LogP contribution in [0.15, 0.2) is 48.9 Å². The molecule has 0 aliphatic carbocycles. The highest BCUT2D eigenvalue weighted by atomic mass is 19.4. The Bertz CT molecular complexity index is 1540. The molecule has 14 heteroatoms. The van der Waals surface area contributed by atoms with Crippen molar-refractivity contribution >= 4 is 34.8 Å². The average molecular weight is 510 g/mol. The van der Waals surface area contributed by atoms with Gasteiger partial charge in [-0.2, -0.15) is 23.5 Å². The summed E-state index contributed by atoms with van der Waals surface area (Å²) in [6, 6.07) is 8.67. The van der Waals surface area contributed by atoms with E-state index in [9.17, 15) is 28.0 Å². The lowest BCUT2D eigenvalue weighted by Crippen LogP contribution is -2.20. The van der Waals surface area contributed by atoms with Crippen LogP contribution in [0, 0.1) is 11.3 Å². The monoisotopic (exact) mass is 510 g/mol. The number of pyridine rings is 1. The Hall–Kier alpha value is -5.19. The maximum Gasteiger partial charge on any atom is 0.416 e. The standard InChI is InChI=1S/C23H17F3N8O3/c1-2-37-21(35)18-15(10-27)34-19(20(28)30-11-31-34)17(18)12-3-5-14(6-4-12)32-22(36)33-16-9-13(7-8-29-16)23(24,25)26/h3-9,11H,2H2,1H3,(H2,28,30,31)(H2,29,32,33,36). The summed E-state index contributed by atoms with van der Waals surface area (Å²) < 4.78 is 45.0. The predicted molar refractivity (Wildman–Crippen MR) is 125 cm³/mol. The van der Waals surface area contributed by atoms with Gasteiger partial charge in [-0.3, -0.25) is 5.32 Å². The van der Waals surface area contributed by atoms with Gasteiger partial charge in [-0.1, -0.05) is 12.1 Å². The van der Waals surface area contributed by atoms with E-state index in [1.807, 2.05) is 6.07 Å². The van der Waals surface area contributed by atoms with Crippen LogP contribution >= 0.6 is 0 Å². The zero-order valence-electron chi connectivity index (χ0n) is 19.0. The largest absolute Gasteiger partial charge is 0.462 e. The van der Waals surface area contributed by atoms with Crippen LogP contribution in [0.3, 0.4) is 0 Å². The number of esters is 1. The third-order valence-corrected chi connectivity index (χ3v) is 5.10. The minimum atomic E-state index is -4.59. The molecule has 4 aromatic rings. The maximum atomic E-state index is 12.9. The summed E-state index contributed by atoms with van der Waals surface area (Å²) in [4.78, 5) is 32.7. The number of ether oxygens (including phenoxy) is 1. The second-order valence-electron chi connectivity index (χ2n) is 7.42. The number of nitrogen functional groups attached to an aromatic ring is 1. The molecule has 0 saturated carbocycles. The van der Waals surface area contributed by atoms with Crippen molar-refractivity contribution in [3.8, 4) is 17.2 Å². The molecule has 0 fully saturated rings. The Labute approximate surface area is 206 Å². The minimum Gasteiger partial charge on any atom is -0.462 e. The Morgan fingerprint density at radius 1 is 1.16 bits per heavy atom. The maximum absolute atomic E-state index is 12.9. The number of nitrogens with zero attached hydrogens (tertiary/aromatic N) is 5. The summed E-state index contributed by atoms with van der Waals surface area (Å²) in [6.45, 7) is 1.68. The number of benzene rings is 1. The highest BCUT2D eigenvalue weighted by Crippen LogP contribution is 2.36. The van der Waals surface area contributed by atoms with Crippen LogP contribution in [0.1, 0.15) is 28.5 Å². The third-order valence-electron chi connectivity index (χ3n) is 5.10. The molecule has 0 atom stereocenters. The van der Waals surface area contributed by atoms with Gasteiger partial charge in [0.05, 0.1) is 12.2 Å². The van der Waals surface area contributed by atoms with Gasteiger partial charge in [-0.15, -0.1) is 0 Å². The van der Waals surface area contributed by atoms with Crippen molar-refractivity contribution in [2.24, 2.45) is 0 Å². The normalized spacial score (nSPS) is 11.1. The lowest BCUT2D eigenvalue weighted by Gasteiger charge is -2.11. The predicted octanol–water partition coefficient (Wildman–Crippen LogP) is 4.08. The summed E-state index contributed by atoms with van der Waals surface area (Å²) in [6.07, 6.45) is -2.51. The van der Waals surface area contributed by atoms with E-state index in [0.717, 1.165) is 18.6 Å². The molecular weight excluding hydrogens is 493 g/mol. The van der Waals surface area contributed by atoms with E-state index >= 15 is 0 Å². The molecule has 0 spiro atoms. The first-order chi connectivity index (χ1) is 17.6. The van der Waals surface area contributed by atoms with E-state index in [1.54, 1.807) is 19.1 Å². The number of amides is 2. The Balaban J connectivity index is 1.64. The number of nitriles is 1. The van der Waals surface area contributed by atoms with E-state index in [1.165, 1.54) is 16.6 Å². The van der Waals surface area contributed by atoms with E-state index in [0.29, 0.717) is 11.6 Å². The third kappa shape index (κ3) is 4.96. The molecule has 3 heterocycles. The highest BCUT2D eigenvalue weighted by molar-refractivity contribution is 6.07. The van der Waals surface area contributed by atoms with Crippen LogP contribution in [0.5, 0.6) is 0 Å². The molecule has 4 rings (SSSR count). The summed E-state index contributed by atoms with van der Waals surface area (Å²) in [5.74, 6) is -1.02. The van der Waals surface area contributed by atoms with Crippen molar-refractivity contribution < 1.29 is 27.5 Å². The molecule has 1 aromatic carbocycles. The lowest BCUT2D eigenvalue weighted by molar-refractivity contribution is -0.137. The molecule has 188 valence electrons. The topological polar surface area (TPSA) is 160 Å². The number of fused-ring (bicyclic) bond motifs is 1. The number of nitrogens with two attached hydrogens (primary N) is 1. The van der Waals surface area contributed by atoms with E-state index < -0.39 is 23.7 Å². The zero-order valence-corrected chi connectivity index (χ0v) is 19.0. The van der Waals surface area contributed by atoms with Crippen molar-refractivity contribution in [3.63, 3.8) is 0 Å². The van der Waals surface area contributed by atoms with E-state index in [4.69, 9.17) is 10.5 Å². The number of halogens is 3. The smallest absolute Gasteiger partial charge is 0.416 e. The molecule has 0 aliphatic rings. The lowest BCUT2D eigenvalue weighted by atomic mass is 10.0. The van der Waals surface area contributed by atoms with Crippen LogP contribution in [0.2, 0.25) is 0 Å². The van der Waals surface area contributed by atoms with Crippen LogP contribution in [-0.4, -0.2) is 38.2 Å². The van der Waals surface area contributed by atoms with Gasteiger partial charge in [0.2, 0.25) is 0 Å². The Morgan fingerprint density at radius 3 is 2.54 bits per heavy atom. The molecule has 3 aromatic heterocycles. The Kier molecular flexibility index (Phi) is 6.61. The zero-order chi connectivity index (χ0) is 26.7. The van der Waals surface area contributed by atoms with Gasteiger partial charge in [0.15, 0.2) is 11.5 Å². The van der Waals surface area contributed by atoms with Crippen LogP contribution in [-0.2, 0) is 10.9 Å². The summed E-state index contributed by atoms with van der Waals surface area (Å²) in [7, 11) is 0. The molecular formula is C23H17F3N8O3. The number of alkyl halides is 3. The number of aromatic nitrogens is 4. The first-order valence-electron chi connectivity index (χ1n) is 10.6. The van der Waals surface area contributed by atoms with Crippen molar-refractivity contribution in [2.75, 3.05) is 23.0 Å². The second kappa shape index (κ2) is 9.82. The van der Waals surface area contributed by atoms with Gasteiger partial charge >= 0.3 is 18.2 Å². The molecule has 2 amide bonds. The molecule has 0 bridgehead atoms. The van der Waals surface area contributed by atoms with Crippen molar-refractivity contribution in [2.45, 2.75) is 13.1 Å². The molecule has 0 saturated heterocycles. The molecule has 4 N–H and O–H groups in total. The van der Waals surface area contributed by atoms with Crippen molar-refractivity contribution in [3.05, 3.63) is 65.7 Å². The first kappa shape index (κ1) is 24.9. The summed E-state index contributed by atoms with van der Waals surface area (Å²) in [5, 5.41) is 18.5. The highest BCUT2D eigenvalue weighted by Gasteiger charge is 2.31. The number of urea groups is 1. The number of hydrogen-bond donors (Lipinski definition) is 3. The second-order valence-corrected chi connectivity index (χ2v) is 7.42.